The van der Waals surface area contributed by atoms with E-state index in [0.717, 1.165) is 5.69 Å². The monoisotopic (exact) mass is 475 g/mol. The molecule has 2 fully saturated rings. The average Bonchev–Trinajstić information content (AvgIpc) is 3.33. The largest absolute Gasteiger partial charge is 0.441 e. The van der Waals surface area contributed by atoms with Gasteiger partial charge in [0.15, 0.2) is 17.0 Å². The molecular weight excluding hydrogens is 454 g/mol. The molecule has 0 spiro atoms. The number of benzene rings is 2. The van der Waals surface area contributed by atoms with Gasteiger partial charge in [0.05, 0.1) is 19.3 Å². The Kier molecular flexibility index (Phi) is 6.90. The highest BCUT2D eigenvalue weighted by Gasteiger charge is 2.49. The first-order valence-corrected chi connectivity index (χ1v) is 10.8. The van der Waals surface area contributed by atoms with Gasteiger partial charge in [-0.25, -0.2) is 4.79 Å². The van der Waals surface area contributed by atoms with E-state index in [1.165, 1.54) is 6.92 Å². The van der Waals surface area contributed by atoms with Gasteiger partial charge in [0.1, 0.15) is 12.2 Å². The summed E-state index contributed by atoms with van der Waals surface area (Å²) in [7, 11) is 0. The van der Waals surface area contributed by atoms with E-state index in [0.29, 0.717) is 28.0 Å². The Morgan fingerprint density at radius 1 is 0.969 bits per heavy atom. The topological polar surface area (TPSA) is 97.9 Å². The van der Waals surface area contributed by atoms with Crippen LogP contribution in [-0.2, 0) is 14.2 Å². The Balaban J connectivity index is 1.27. The van der Waals surface area contributed by atoms with Crippen molar-refractivity contribution >= 4 is 52.2 Å². The van der Waals surface area contributed by atoms with Gasteiger partial charge in [-0.05, 0) is 67.7 Å². The molecular formula is C22H22ClN3O5S. The second-order valence-electron chi connectivity index (χ2n) is 7.51. The van der Waals surface area contributed by atoms with Crippen molar-refractivity contribution in [1.82, 2.24) is 5.32 Å². The molecule has 1 amide bonds. The first-order chi connectivity index (χ1) is 15.4. The Hall–Kier alpha value is -2.72. The van der Waals surface area contributed by atoms with Crippen LogP contribution < -0.4 is 16.0 Å². The van der Waals surface area contributed by atoms with E-state index < -0.39 is 18.3 Å². The predicted molar refractivity (Wildman–Crippen MR) is 124 cm³/mol. The van der Waals surface area contributed by atoms with Crippen molar-refractivity contribution in [2.45, 2.75) is 31.3 Å². The van der Waals surface area contributed by atoms with Crippen LogP contribution in [0.25, 0.3) is 0 Å². The fraction of sp³-hybridized carbons (Fsp3) is 0.318. The van der Waals surface area contributed by atoms with Gasteiger partial charge in [0, 0.05) is 22.0 Å². The van der Waals surface area contributed by atoms with Gasteiger partial charge in [-0.1, -0.05) is 11.6 Å². The molecule has 4 unspecified atom stereocenters. The number of fused-ring (bicyclic) bond motifs is 1. The molecule has 0 radical (unpaired) electrons. The number of thiocarbonyl (C=S) groups is 1. The van der Waals surface area contributed by atoms with Crippen molar-refractivity contribution in [2.24, 2.45) is 0 Å². The molecule has 8 nitrogen and oxygen atoms in total. The molecule has 2 aliphatic rings. The number of rotatable bonds is 5. The summed E-state index contributed by atoms with van der Waals surface area (Å²) in [5.74, 6) is -0.0438. The molecule has 4 atom stereocenters. The van der Waals surface area contributed by atoms with Gasteiger partial charge in [-0.3, -0.25) is 10.1 Å². The normalized spacial score (nSPS) is 23.8. The lowest BCUT2D eigenvalue weighted by atomic mass is 10.1. The minimum Gasteiger partial charge on any atom is -0.441 e. The fourth-order valence-corrected chi connectivity index (χ4v) is 4.03. The zero-order valence-corrected chi connectivity index (χ0v) is 18.7. The third-order valence-corrected chi connectivity index (χ3v) is 5.69. The number of nitrogens with one attached hydrogen (secondary N) is 3. The van der Waals surface area contributed by atoms with Crippen LogP contribution >= 0.6 is 23.8 Å². The molecule has 10 heteroatoms. The maximum atomic E-state index is 12.3. The molecule has 0 aliphatic carbocycles. The highest BCUT2D eigenvalue weighted by atomic mass is 35.5. The molecule has 2 heterocycles. The summed E-state index contributed by atoms with van der Waals surface area (Å²) < 4.78 is 17.2. The Bertz CT molecular complexity index is 1000. The van der Waals surface area contributed by atoms with Crippen LogP contribution in [0.4, 0.5) is 16.2 Å². The van der Waals surface area contributed by atoms with Gasteiger partial charge < -0.3 is 24.8 Å². The first kappa shape index (κ1) is 22.5. The van der Waals surface area contributed by atoms with E-state index in [1.807, 2.05) is 12.1 Å². The van der Waals surface area contributed by atoms with Gasteiger partial charge in [-0.15, -0.1) is 0 Å². The van der Waals surface area contributed by atoms with E-state index in [4.69, 9.17) is 38.0 Å². The number of amides is 1. The lowest BCUT2D eigenvalue weighted by molar-refractivity contribution is 0.00880. The predicted octanol–water partition coefficient (Wildman–Crippen LogP) is 3.61. The number of hydrogen-bond donors (Lipinski definition) is 3. The number of carbonyl (C=O) groups is 2. The second kappa shape index (κ2) is 9.83. The molecule has 2 aromatic carbocycles. The van der Waals surface area contributed by atoms with E-state index >= 15 is 0 Å². The SMILES string of the molecule is CC(=O)c1ccc(NC(=O)OC2COC3C(NC(=S)Nc4ccc(Cl)cc4)COC23)cc1. The Morgan fingerprint density at radius 3 is 2.28 bits per heavy atom. The lowest BCUT2D eigenvalue weighted by Crippen LogP contribution is -2.46. The summed E-state index contributed by atoms with van der Waals surface area (Å²) in [5, 5.41) is 10.0. The van der Waals surface area contributed by atoms with Crippen molar-refractivity contribution in [3.05, 3.63) is 59.1 Å². The van der Waals surface area contributed by atoms with Gasteiger partial charge in [0.25, 0.3) is 0 Å². The van der Waals surface area contributed by atoms with Crippen LogP contribution in [-0.4, -0.2) is 54.6 Å². The van der Waals surface area contributed by atoms with Crippen LogP contribution in [0.2, 0.25) is 5.02 Å². The van der Waals surface area contributed by atoms with E-state index in [1.54, 1.807) is 36.4 Å². The summed E-state index contributed by atoms with van der Waals surface area (Å²) >= 11 is 11.3. The van der Waals surface area contributed by atoms with E-state index in [-0.39, 0.29) is 24.5 Å². The minimum absolute atomic E-state index is 0.0438. The third-order valence-electron chi connectivity index (χ3n) is 5.22. The zero-order chi connectivity index (χ0) is 22.7. The van der Waals surface area contributed by atoms with Crippen LogP contribution in [0.1, 0.15) is 17.3 Å². The summed E-state index contributed by atoms with van der Waals surface area (Å²) in [4.78, 5) is 23.6. The Morgan fingerprint density at radius 2 is 1.59 bits per heavy atom. The first-order valence-electron chi connectivity index (χ1n) is 10.0. The maximum Gasteiger partial charge on any atom is 0.412 e. The molecule has 168 valence electrons. The number of carbonyl (C=O) groups excluding carboxylic acids is 2. The molecule has 2 aromatic rings. The van der Waals surface area contributed by atoms with Crippen molar-refractivity contribution in [1.29, 1.82) is 0 Å². The fourth-order valence-electron chi connectivity index (χ4n) is 3.63. The number of Topliss-reactive ketones (excluding diaryl/α,β-unsaturated/α-hetero) is 1. The smallest absolute Gasteiger partial charge is 0.412 e. The average molecular weight is 476 g/mol. The second-order valence-corrected chi connectivity index (χ2v) is 8.35. The van der Waals surface area contributed by atoms with Crippen molar-refractivity contribution in [2.75, 3.05) is 23.8 Å². The van der Waals surface area contributed by atoms with Crippen molar-refractivity contribution in [3.8, 4) is 0 Å². The van der Waals surface area contributed by atoms with E-state index in [2.05, 4.69) is 16.0 Å². The van der Waals surface area contributed by atoms with Crippen molar-refractivity contribution < 1.29 is 23.8 Å². The molecule has 2 saturated heterocycles. The lowest BCUT2D eigenvalue weighted by Gasteiger charge is -2.20. The van der Waals surface area contributed by atoms with Gasteiger partial charge >= 0.3 is 6.09 Å². The van der Waals surface area contributed by atoms with Crippen LogP contribution in [0.3, 0.4) is 0 Å². The number of halogens is 1. The summed E-state index contributed by atoms with van der Waals surface area (Å²) in [5.41, 5.74) is 1.90. The van der Waals surface area contributed by atoms with Crippen molar-refractivity contribution in [3.63, 3.8) is 0 Å². The summed E-state index contributed by atoms with van der Waals surface area (Å²) in [6.45, 7) is 2.07. The summed E-state index contributed by atoms with van der Waals surface area (Å²) in [6.07, 6.45) is -1.85. The van der Waals surface area contributed by atoms with E-state index in [9.17, 15) is 9.59 Å². The highest BCUT2D eigenvalue weighted by Crippen LogP contribution is 2.29. The summed E-state index contributed by atoms with van der Waals surface area (Å²) in [6, 6.07) is 13.6. The van der Waals surface area contributed by atoms with Crippen LogP contribution in [0, 0.1) is 0 Å². The number of anilines is 2. The molecule has 4 rings (SSSR count). The quantitative estimate of drug-likeness (QED) is 0.445. The molecule has 32 heavy (non-hydrogen) atoms. The standard InChI is InChI=1S/C22H22ClN3O5S/c1-12(27)13-2-6-16(7-3-13)25-22(28)31-18-11-30-19-17(10-29-20(18)19)26-21(32)24-15-8-4-14(23)5-9-15/h2-9,17-20H,10-11H2,1H3,(H,25,28)(H2,24,26,32). The highest BCUT2D eigenvalue weighted by molar-refractivity contribution is 7.80. The van der Waals surface area contributed by atoms with Gasteiger partial charge in [-0.2, -0.15) is 0 Å². The molecule has 2 aliphatic heterocycles. The van der Waals surface area contributed by atoms with Crippen LogP contribution in [0.5, 0.6) is 0 Å². The zero-order valence-electron chi connectivity index (χ0n) is 17.2. The number of ketones is 1. The minimum atomic E-state index is -0.616. The Labute approximate surface area is 195 Å². The number of hydrogen-bond acceptors (Lipinski definition) is 6. The molecule has 0 saturated carbocycles. The number of ether oxygens (including phenoxy) is 3. The van der Waals surface area contributed by atoms with Gasteiger partial charge in [0.2, 0.25) is 0 Å². The molecule has 0 aromatic heterocycles. The third kappa shape index (κ3) is 5.36. The maximum absolute atomic E-state index is 12.3. The molecule has 0 bridgehead atoms. The molecule has 3 N–H and O–H groups in total. The van der Waals surface area contributed by atoms with Crippen LogP contribution in [0.15, 0.2) is 48.5 Å².